The minimum atomic E-state index is -0.656. The highest BCUT2D eigenvalue weighted by atomic mass is 16.3. The average Bonchev–Trinajstić information content (AvgIpc) is 2.38. The van der Waals surface area contributed by atoms with Gasteiger partial charge in [-0.15, -0.1) is 0 Å². The highest BCUT2D eigenvalue weighted by Gasteiger charge is 2.29. The number of carbonyl (C=O) groups is 1. The van der Waals surface area contributed by atoms with Crippen LogP contribution in [-0.2, 0) is 4.79 Å². The zero-order valence-electron chi connectivity index (χ0n) is 12.2. The van der Waals surface area contributed by atoms with Gasteiger partial charge in [0, 0.05) is 32.7 Å². The zero-order valence-corrected chi connectivity index (χ0v) is 12.2. The van der Waals surface area contributed by atoms with E-state index in [1.807, 2.05) is 18.7 Å². The van der Waals surface area contributed by atoms with Crippen molar-refractivity contribution in [3.05, 3.63) is 0 Å². The molecule has 0 saturated carbocycles. The molecule has 0 aromatic heterocycles. The van der Waals surface area contributed by atoms with Crippen LogP contribution in [0.25, 0.3) is 0 Å². The third kappa shape index (κ3) is 4.44. The Kier molecular flexibility index (Phi) is 4.81. The Balaban J connectivity index is 1.77. The summed E-state index contributed by atoms with van der Waals surface area (Å²) >= 11 is 0. The molecule has 1 atom stereocenters. The first-order valence-corrected chi connectivity index (χ1v) is 7.43. The van der Waals surface area contributed by atoms with E-state index in [4.69, 9.17) is 0 Å². The monoisotopic (exact) mass is 269 g/mol. The second-order valence-electron chi connectivity index (χ2n) is 6.42. The Morgan fingerprint density at radius 3 is 2.47 bits per heavy atom. The number of amides is 1. The molecule has 2 fully saturated rings. The van der Waals surface area contributed by atoms with Gasteiger partial charge in [-0.1, -0.05) is 6.42 Å². The lowest BCUT2D eigenvalue weighted by Crippen LogP contribution is -2.56. The molecule has 2 aliphatic heterocycles. The van der Waals surface area contributed by atoms with Crippen molar-refractivity contribution in [1.82, 2.24) is 15.1 Å². The van der Waals surface area contributed by atoms with E-state index in [9.17, 15) is 9.90 Å². The lowest BCUT2D eigenvalue weighted by atomic mass is 10.0. The number of aliphatic hydroxyl groups is 1. The quantitative estimate of drug-likeness (QED) is 0.760. The molecule has 0 aromatic carbocycles. The zero-order chi connectivity index (χ0) is 13.9. The molecule has 5 heteroatoms. The van der Waals surface area contributed by atoms with Crippen molar-refractivity contribution in [3.8, 4) is 0 Å². The SMILES string of the molecule is CC(C)(O)CN1CCN(C(=O)C2CCCCN2)CC1. The number of hydrogen-bond donors (Lipinski definition) is 2. The molecule has 0 aliphatic carbocycles. The Morgan fingerprint density at radius 2 is 1.95 bits per heavy atom. The minimum absolute atomic E-state index is 0.0367. The highest BCUT2D eigenvalue weighted by molar-refractivity contribution is 5.82. The second kappa shape index (κ2) is 6.20. The fraction of sp³-hybridized carbons (Fsp3) is 0.929. The lowest BCUT2D eigenvalue weighted by molar-refractivity contribution is -0.136. The van der Waals surface area contributed by atoms with Gasteiger partial charge in [-0.05, 0) is 33.2 Å². The van der Waals surface area contributed by atoms with Crippen molar-refractivity contribution < 1.29 is 9.90 Å². The van der Waals surface area contributed by atoms with E-state index in [0.29, 0.717) is 6.54 Å². The summed E-state index contributed by atoms with van der Waals surface area (Å²) in [4.78, 5) is 16.6. The summed E-state index contributed by atoms with van der Waals surface area (Å²) in [5.41, 5.74) is -0.656. The summed E-state index contributed by atoms with van der Waals surface area (Å²) in [6.45, 7) is 8.60. The highest BCUT2D eigenvalue weighted by Crippen LogP contribution is 2.13. The van der Waals surface area contributed by atoms with Gasteiger partial charge in [-0.2, -0.15) is 0 Å². The van der Waals surface area contributed by atoms with Crippen molar-refractivity contribution in [2.75, 3.05) is 39.3 Å². The van der Waals surface area contributed by atoms with Gasteiger partial charge in [0.2, 0.25) is 5.91 Å². The van der Waals surface area contributed by atoms with E-state index in [1.165, 1.54) is 6.42 Å². The predicted octanol–water partition coefficient (Wildman–Crippen LogP) is 0.0436. The number of piperidine rings is 1. The number of hydrogen-bond acceptors (Lipinski definition) is 4. The molecular formula is C14H27N3O2. The summed E-state index contributed by atoms with van der Waals surface area (Å²) in [5.74, 6) is 0.266. The fourth-order valence-corrected chi connectivity index (χ4v) is 2.96. The lowest BCUT2D eigenvalue weighted by Gasteiger charge is -2.39. The van der Waals surface area contributed by atoms with Crippen molar-refractivity contribution in [2.24, 2.45) is 0 Å². The largest absolute Gasteiger partial charge is 0.389 e. The second-order valence-corrected chi connectivity index (χ2v) is 6.42. The Morgan fingerprint density at radius 1 is 1.26 bits per heavy atom. The molecule has 1 amide bonds. The van der Waals surface area contributed by atoms with Crippen LogP contribution in [0.1, 0.15) is 33.1 Å². The average molecular weight is 269 g/mol. The normalized spacial score (nSPS) is 26.5. The van der Waals surface area contributed by atoms with E-state index < -0.39 is 5.60 Å². The van der Waals surface area contributed by atoms with Gasteiger partial charge in [0.15, 0.2) is 0 Å². The molecule has 2 aliphatic rings. The summed E-state index contributed by atoms with van der Waals surface area (Å²) in [6.07, 6.45) is 3.31. The number of rotatable bonds is 3. The first-order valence-electron chi connectivity index (χ1n) is 7.43. The first-order chi connectivity index (χ1) is 8.96. The van der Waals surface area contributed by atoms with Gasteiger partial charge in [-0.3, -0.25) is 9.69 Å². The molecule has 110 valence electrons. The number of β-amino-alcohol motifs (C(OH)–C–C–N with tert-alkyl or cyclic N) is 1. The molecule has 0 spiro atoms. The molecule has 2 heterocycles. The predicted molar refractivity (Wildman–Crippen MR) is 75.0 cm³/mol. The minimum Gasteiger partial charge on any atom is -0.389 e. The van der Waals surface area contributed by atoms with E-state index in [-0.39, 0.29) is 11.9 Å². The molecule has 2 saturated heterocycles. The maximum atomic E-state index is 12.3. The van der Waals surface area contributed by atoms with Crippen LogP contribution in [0.3, 0.4) is 0 Å². The van der Waals surface area contributed by atoms with E-state index in [2.05, 4.69) is 10.2 Å². The number of piperazine rings is 1. The molecule has 0 aromatic rings. The van der Waals surface area contributed by atoms with Gasteiger partial charge in [0.05, 0.1) is 11.6 Å². The Bertz CT molecular complexity index is 300. The molecule has 19 heavy (non-hydrogen) atoms. The number of nitrogens with zero attached hydrogens (tertiary/aromatic N) is 2. The Hall–Kier alpha value is -0.650. The van der Waals surface area contributed by atoms with Crippen LogP contribution in [0.15, 0.2) is 0 Å². The molecule has 2 N–H and O–H groups in total. The van der Waals surface area contributed by atoms with E-state index in [0.717, 1.165) is 45.6 Å². The molecule has 5 nitrogen and oxygen atoms in total. The Labute approximate surface area is 115 Å². The van der Waals surface area contributed by atoms with Crippen LogP contribution in [0.2, 0.25) is 0 Å². The van der Waals surface area contributed by atoms with Gasteiger partial charge in [-0.25, -0.2) is 0 Å². The van der Waals surface area contributed by atoms with Gasteiger partial charge >= 0.3 is 0 Å². The van der Waals surface area contributed by atoms with Crippen LogP contribution in [-0.4, -0.2) is 71.7 Å². The maximum Gasteiger partial charge on any atom is 0.239 e. The van der Waals surface area contributed by atoms with Crippen molar-refractivity contribution >= 4 is 5.91 Å². The smallest absolute Gasteiger partial charge is 0.239 e. The van der Waals surface area contributed by atoms with Crippen LogP contribution in [0, 0.1) is 0 Å². The van der Waals surface area contributed by atoms with Gasteiger partial charge in [0.1, 0.15) is 0 Å². The number of carbonyl (C=O) groups excluding carboxylic acids is 1. The summed E-state index contributed by atoms with van der Waals surface area (Å²) in [6, 6.07) is 0.0367. The van der Waals surface area contributed by atoms with Crippen LogP contribution < -0.4 is 5.32 Å². The maximum absolute atomic E-state index is 12.3. The first kappa shape index (κ1) is 14.8. The van der Waals surface area contributed by atoms with Gasteiger partial charge < -0.3 is 15.3 Å². The van der Waals surface area contributed by atoms with Gasteiger partial charge in [0.25, 0.3) is 0 Å². The summed E-state index contributed by atoms with van der Waals surface area (Å²) < 4.78 is 0. The summed E-state index contributed by atoms with van der Waals surface area (Å²) in [5, 5.41) is 13.1. The van der Waals surface area contributed by atoms with E-state index in [1.54, 1.807) is 0 Å². The van der Waals surface area contributed by atoms with Crippen molar-refractivity contribution in [1.29, 1.82) is 0 Å². The summed E-state index contributed by atoms with van der Waals surface area (Å²) in [7, 11) is 0. The van der Waals surface area contributed by atoms with Crippen molar-refractivity contribution in [2.45, 2.75) is 44.8 Å². The third-order valence-electron chi connectivity index (χ3n) is 3.90. The number of nitrogens with one attached hydrogen (secondary N) is 1. The van der Waals surface area contributed by atoms with Crippen LogP contribution >= 0.6 is 0 Å². The molecular weight excluding hydrogens is 242 g/mol. The van der Waals surface area contributed by atoms with Crippen LogP contribution in [0.4, 0.5) is 0 Å². The fourth-order valence-electron chi connectivity index (χ4n) is 2.96. The van der Waals surface area contributed by atoms with E-state index >= 15 is 0 Å². The molecule has 0 bridgehead atoms. The van der Waals surface area contributed by atoms with Crippen LogP contribution in [0.5, 0.6) is 0 Å². The third-order valence-corrected chi connectivity index (χ3v) is 3.90. The molecule has 1 unspecified atom stereocenters. The molecule has 0 radical (unpaired) electrons. The standard InChI is InChI=1S/C14H27N3O2/c1-14(2,19)11-16-7-9-17(10-8-16)13(18)12-5-3-4-6-15-12/h12,15,19H,3-11H2,1-2H3. The van der Waals surface area contributed by atoms with Crippen molar-refractivity contribution in [3.63, 3.8) is 0 Å². The molecule has 2 rings (SSSR count). The topological polar surface area (TPSA) is 55.8 Å².